The van der Waals surface area contributed by atoms with E-state index in [1.165, 1.54) is 63.6 Å². The van der Waals surface area contributed by atoms with Crippen LogP contribution in [0, 0.1) is 0 Å². The summed E-state index contributed by atoms with van der Waals surface area (Å²) in [7, 11) is 2.61. The van der Waals surface area contributed by atoms with Crippen molar-refractivity contribution in [2.75, 3.05) is 20.8 Å². The number of aliphatic hydroxyl groups is 5. The maximum atomic E-state index is 14.2. The zero-order valence-electron chi connectivity index (χ0n) is 30.4. The van der Waals surface area contributed by atoms with E-state index in [1.54, 1.807) is 0 Å². The molecule has 2 aliphatic heterocycles. The van der Waals surface area contributed by atoms with Gasteiger partial charge in [-0.1, -0.05) is 6.07 Å². The number of fused-ring (bicyclic) bond motifs is 1. The molecule has 4 aromatic rings. The highest BCUT2D eigenvalue weighted by atomic mass is 16.8. The van der Waals surface area contributed by atoms with Gasteiger partial charge in [0, 0.05) is 23.8 Å². The summed E-state index contributed by atoms with van der Waals surface area (Å²) in [5, 5.41) is 94.5. The second-order valence-electron chi connectivity index (χ2n) is 13.1. The molecule has 306 valence electrons. The lowest BCUT2D eigenvalue weighted by Gasteiger charge is -2.45. The molecule has 9 N–H and O–H groups in total. The van der Waals surface area contributed by atoms with Crippen molar-refractivity contribution >= 4 is 23.0 Å². The lowest BCUT2D eigenvalue weighted by molar-refractivity contribution is -0.354. The third kappa shape index (κ3) is 8.41. The molecule has 0 amide bonds. The SMILES string of the molecule is COc1cc(C=CC(=O)OC[C@H]2O[C@@H](Oc3c(-c4ccc(O)c(OC)c4)oc4cc(O)cc(O)c4c3=O)[C@H](O[C@@H]3O[C@@H](C)[C@H](O)[C@@H](O)[C@H]3O)[C@@H](O)[C@@H]2O)ccc1O. The van der Waals surface area contributed by atoms with Gasteiger partial charge in [-0.25, -0.2) is 4.79 Å². The summed E-state index contributed by atoms with van der Waals surface area (Å²) in [6.07, 6.45) is -15.1. The van der Waals surface area contributed by atoms with Crippen LogP contribution in [0.15, 0.2) is 63.8 Å². The molecule has 2 fully saturated rings. The molecule has 1 aromatic heterocycles. The molecular formula is C38H40O19. The van der Waals surface area contributed by atoms with Crippen LogP contribution in [0.5, 0.6) is 40.2 Å². The number of phenols is 4. The van der Waals surface area contributed by atoms with Crippen LogP contribution in [0.1, 0.15) is 12.5 Å². The van der Waals surface area contributed by atoms with Crippen molar-refractivity contribution in [3.05, 3.63) is 70.4 Å². The molecule has 19 heteroatoms. The summed E-state index contributed by atoms with van der Waals surface area (Å²) in [6.45, 7) is 0.651. The third-order valence-corrected chi connectivity index (χ3v) is 9.34. The summed E-state index contributed by atoms with van der Waals surface area (Å²) < 4.78 is 44.9. The van der Waals surface area contributed by atoms with Gasteiger partial charge in [-0.05, 0) is 48.9 Å². The molecule has 3 heterocycles. The molecule has 57 heavy (non-hydrogen) atoms. The molecule has 0 aliphatic carbocycles. The Kier molecular flexibility index (Phi) is 12.1. The number of benzene rings is 3. The van der Waals surface area contributed by atoms with Crippen molar-refractivity contribution in [2.24, 2.45) is 0 Å². The number of ether oxygens (including phenoxy) is 7. The summed E-state index contributed by atoms with van der Waals surface area (Å²) in [6, 6.07) is 10.0. The van der Waals surface area contributed by atoms with Gasteiger partial charge in [0.15, 0.2) is 41.2 Å². The average Bonchev–Trinajstić information content (AvgIpc) is 3.18. The number of aromatic hydroxyl groups is 4. The maximum Gasteiger partial charge on any atom is 0.330 e. The Bertz CT molecular complexity index is 2180. The van der Waals surface area contributed by atoms with Crippen LogP contribution in [0.2, 0.25) is 0 Å². The fourth-order valence-electron chi connectivity index (χ4n) is 6.24. The zero-order valence-corrected chi connectivity index (χ0v) is 30.4. The Morgan fingerprint density at radius 3 is 2.16 bits per heavy atom. The van der Waals surface area contributed by atoms with Crippen LogP contribution in [-0.4, -0.2) is 134 Å². The average molecular weight is 801 g/mol. The smallest absolute Gasteiger partial charge is 0.330 e. The van der Waals surface area contributed by atoms with Gasteiger partial charge in [-0.3, -0.25) is 4.79 Å². The predicted octanol–water partition coefficient (Wildman–Crippen LogP) is 0.594. The lowest BCUT2D eigenvalue weighted by Crippen LogP contribution is -2.64. The highest BCUT2D eigenvalue weighted by Gasteiger charge is 2.51. The van der Waals surface area contributed by atoms with E-state index >= 15 is 0 Å². The van der Waals surface area contributed by atoms with Crippen LogP contribution in [0.4, 0.5) is 0 Å². The highest BCUT2D eigenvalue weighted by Crippen LogP contribution is 2.40. The highest BCUT2D eigenvalue weighted by molar-refractivity contribution is 5.88. The molecule has 3 aromatic carbocycles. The Morgan fingerprint density at radius 1 is 0.772 bits per heavy atom. The first-order valence-electron chi connectivity index (χ1n) is 17.3. The summed E-state index contributed by atoms with van der Waals surface area (Å²) >= 11 is 0. The molecule has 0 saturated carbocycles. The standard InChI is InChI=1S/C38H40O19/c1-15-28(44)31(47)33(49)37(53-15)57-36-32(48)29(45)25(14-52-26(43)9-5-16-4-7-19(40)22(10-16)50-2)55-38(36)56-35-30(46)27-21(42)12-18(39)13-24(27)54-34(35)17-6-8-20(41)23(11-17)51-3/h4-13,15,25,28-29,31-33,36-42,44-45,47-49H,14H2,1-3H3/t15-,25+,28-,29+,31+,32-,33+,36+,37-,38-/m0/s1. The Hall–Kier alpha value is -5.64. The Balaban J connectivity index is 1.37. The van der Waals surface area contributed by atoms with Gasteiger partial charge in [0.1, 0.15) is 65.7 Å². The lowest BCUT2D eigenvalue weighted by atomic mass is 9.97. The Labute approximate surface area is 322 Å². The van der Waals surface area contributed by atoms with Crippen LogP contribution in [0.25, 0.3) is 28.4 Å². The van der Waals surface area contributed by atoms with Crippen molar-refractivity contribution in [1.82, 2.24) is 0 Å². The van der Waals surface area contributed by atoms with E-state index < -0.39 is 102 Å². The van der Waals surface area contributed by atoms with Crippen molar-refractivity contribution in [1.29, 1.82) is 0 Å². The minimum absolute atomic E-state index is 0.0517. The molecular weight excluding hydrogens is 760 g/mol. The van der Waals surface area contributed by atoms with Crippen molar-refractivity contribution < 1.29 is 88.3 Å². The van der Waals surface area contributed by atoms with E-state index in [2.05, 4.69) is 0 Å². The van der Waals surface area contributed by atoms with Gasteiger partial charge < -0.3 is 83.5 Å². The molecule has 2 aliphatic rings. The molecule has 10 atom stereocenters. The van der Waals surface area contributed by atoms with Gasteiger partial charge >= 0.3 is 5.97 Å². The van der Waals surface area contributed by atoms with Gasteiger partial charge in [-0.2, -0.15) is 0 Å². The number of carbonyl (C=O) groups is 1. The van der Waals surface area contributed by atoms with Crippen LogP contribution >= 0.6 is 0 Å². The zero-order chi connectivity index (χ0) is 41.3. The molecule has 6 rings (SSSR count). The first kappa shape index (κ1) is 41.0. The number of phenolic OH excluding ortho intramolecular Hbond substituents is 4. The number of hydrogen-bond acceptors (Lipinski definition) is 19. The van der Waals surface area contributed by atoms with E-state index in [0.29, 0.717) is 5.56 Å². The van der Waals surface area contributed by atoms with Gasteiger partial charge in [0.05, 0.1) is 20.3 Å². The topological polar surface area (TPSA) is 294 Å². The number of methoxy groups -OCH3 is 2. The fraction of sp³-hybridized carbons (Fsp3) is 0.368. The van der Waals surface area contributed by atoms with E-state index in [4.69, 9.17) is 37.6 Å². The third-order valence-electron chi connectivity index (χ3n) is 9.34. The first-order chi connectivity index (χ1) is 27.1. The second-order valence-corrected chi connectivity index (χ2v) is 13.1. The monoisotopic (exact) mass is 800 g/mol. The van der Waals surface area contributed by atoms with Crippen LogP contribution < -0.4 is 19.6 Å². The van der Waals surface area contributed by atoms with Crippen LogP contribution in [-0.2, 0) is 23.7 Å². The largest absolute Gasteiger partial charge is 0.508 e. The number of carbonyl (C=O) groups excluding carboxylic acids is 1. The maximum absolute atomic E-state index is 14.2. The second kappa shape index (κ2) is 16.8. The normalized spacial score (nSPS) is 27.6. The minimum atomic E-state index is -2.02. The molecule has 19 nitrogen and oxygen atoms in total. The van der Waals surface area contributed by atoms with E-state index in [-0.39, 0.29) is 39.9 Å². The quantitative estimate of drug-likeness (QED) is 0.0741. The van der Waals surface area contributed by atoms with E-state index in [0.717, 1.165) is 18.2 Å². The minimum Gasteiger partial charge on any atom is -0.508 e. The summed E-state index contributed by atoms with van der Waals surface area (Å²) in [4.78, 5) is 26.9. The van der Waals surface area contributed by atoms with Gasteiger partial charge in [0.25, 0.3) is 0 Å². The molecule has 2 saturated heterocycles. The molecule has 0 unspecified atom stereocenters. The summed E-state index contributed by atoms with van der Waals surface area (Å²) in [5.74, 6) is -3.51. The molecule has 0 bridgehead atoms. The van der Waals surface area contributed by atoms with Crippen molar-refractivity contribution in [3.8, 4) is 51.6 Å². The first-order valence-corrected chi connectivity index (χ1v) is 17.3. The van der Waals surface area contributed by atoms with Gasteiger partial charge in [0.2, 0.25) is 17.5 Å². The summed E-state index contributed by atoms with van der Waals surface area (Å²) in [5.41, 5.74) is -0.839. The fourth-order valence-corrected chi connectivity index (χ4v) is 6.24. The van der Waals surface area contributed by atoms with E-state index in [1.807, 2.05) is 0 Å². The van der Waals surface area contributed by atoms with Crippen LogP contribution in [0.3, 0.4) is 0 Å². The van der Waals surface area contributed by atoms with Crippen molar-refractivity contribution in [3.63, 3.8) is 0 Å². The van der Waals surface area contributed by atoms with Crippen molar-refractivity contribution in [2.45, 2.75) is 68.3 Å². The number of esters is 1. The number of aliphatic hydroxyl groups excluding tert-OH is 5. The number of rotatable bonds is 11. The van der Waals surface area contributed by atoms with E-state index in [9.17, 15) is 55.5 Å². The molecule has 0 radical (unpaired) electrons. The number of hydrogen-bond donors (Lipinski definition) is 9. The van der Waals surface area contributed by atoms with Gasteiger partial charge in [-0.15, -0.1) is 0 Å². The predicted molar refractivity (Wildman–Crippen MR) is 193 cm³/mol. The Morgan fingerprint density at radius 2 is 1.46 bits per heavy atom. The molecule has 0 spiro atoms.